The van der Waals surface area contributed by atoms with Gasteiger partial charge in [-0.05, 0) is 35.9 Å². The Morgan fingerprint density at radius 1 is 1.25 bits per heavy atom. The average molecular weight is 297 g/mol. The smallest absolute Gasteiger partial charge is 0.260 e. The Bertz CT molecular complexity index is 669. The first-order chi connectivity index (χ1) is 9.47. The lowest BCUT2D eigenvalue weighted by Crippen LogP contribution is -2.13. The van der Waals surface area contributed by atoms with Crippen LogP contribution < -0.4 is 10.6 Å². The largest absolute Gasteiger partial charge is 0.452 e. The van der Waals surface area contributed by atoms with Crippen LogP contribution in [0.25, 0.3) is 0 Å². The van der Waals surface area contributed by atoms with E-state index in [-0.39, 0.29) is 22.4 Å². The maximum absolute atomic E-state index is 13.6. The minimum Gasteiger partial charge on any atom is -0.452 e. The fourth-order valence-corrected chi connectivity index (χ4v) is 1.75. The topological polar surface area (TPSA) is 71.3 Å². The highest BCUT2D eigenvalue weighted by Crippen LogP contribution is 2.22. The summed E-state index contributed by atoms with van der Waals surface area (Å²) in [5.74, 6) is -1.54. The van der Waals surface area contributed by atoms with E-state index in [2.05, 4.69) is 10.6 Å². The monoisotopic (exact) mass is 296 g/mol. The lowest BCUT2D eigenvalue weighted by atomic mass is 10.2. The molecule has 2 N–H and O–H groups in total. The van der Waals surface area contributed by atoms with Gasteiger partial charge >= 0.3 is 0 Å². The quantitative estimate of drug-likeness (QED) is 0.913. The van der Waals surface area contributed by atoms with Gasteiger partial charge in [0.15, 0.2) is 0 Å². The molecule has 1 heterocycles. The molecular weight excluding hydrogens is 287 g/mol. The SMILES string of the molecule is CC(=O)Nc1ccc(F)c(NC(=O)c2ccoc2Cl)c1. The van der Waals surface area contributed by atoms with Gasteiger partial charge in [-0.2, -0.15) is 0 Å². The first kappa shape index (κ1) is 14.1. The van der Waals surface area contributed by atoms with Crippen LogP contribution in [0.4, 0.5) is 15.8 Å². The van der Waals surface area contributed by atoms with Crippen LogP contribution in [0.2, 0.25) is 5.22 Å². The number of carbonyl (C=O) groups excluding carboxylic acids is 2. The van der Waals surface area contributed by atoms with Crippen LogP contribution in [0.5, 0.6) is 0 Å². The van der Waals surface area contributed by atoms with Gasteiger partial charge in [-0.1, -0.05) is 0 Å². The van der Waals surface area contributed by atoms with E-state index in [1.54, 1.807) is 0 Å². The van der Waals surface area contributed by atoms with Gasteiger partial charge in [0.05, 0.1) is 17.5 Å². The number of anilines is 2. The first-order valence-electron chi connectivity index (χ1n) is 5.59. The van der Waals surface area contributed by atoms with Crippen molar-refractivity contribution in [2.24, 2.45) is 0 Å². The molecule has 0 unspecified atom stereocenters. The molecule has 7 heteroatoms. The Morgan fingerprint density at radius 3 is 2.60 bits per heavy atom. The molecule has 20 heavy (non-hydrogen) atoms. The molecule has 0 aliphatic rings. The number of hydrogen-bond acceptors (Lipinski definition) is 3. The van der Waals surface area contributed by atoms with Crippen LogP contribution in [0.3, 0.4) is 0 Å². The average Bonchev–Trinajstić information content (AvgIpc) is 2.79. The van der Waals surface area contributed by atoms with Crippen molar-refractivity contribution >= 4 is 34.8 Å². The van der Waals surface area contributed by atoms with E-state index in [0.717, 1.165) is 6.07 Å². The van der Waals surface area contributed by atoms with Crippen molar-refractivity contribution in [3.05, 3.63) is 47.1 Å². The van der Waals surface area contributed by atoms with E-state index in [1.165, 1.54) is 31.4 Å². The molecule has 1 aromatic heterocycles. The van der Waals surface area contributed by atoms with E-state index in [4.69, 9.17) is 16.0 Å². The molecule has 5 nitrogen and oxygen atoms in total. The molecule has 104 valence electrons. The van der Waals surface area contributed by atoms with E-state index >= 15 is 0 Å². The fraction of sp³-hybridized carbons (Fsp3) is 0.0769. The third-order valence-corrected chi connectivity index (χ3v) is 2.69. The predicted molar refractivity (Wildman–Crippen MR) is 72.4 cm³/mol. The standard InChI is InChI=1S/C13H10ClFN2O3/c1-7(18)16-8-2-3-10(15)11(6-8)17-13(19)9-4-5-20-12(9)14/h2-6H,1H3,(H,16,18)(H,17,19). The number of hydrogen-bond donors (Lipinski definition) is 2. The zero-order chi connectivity index (χ0) is 14.7. The second kappa shape index (κ2) is 5.75. The summed E-state index contributed by atoms with van der Waals surface area (Å²) in [6.45, 7) is 1.33. The normalized spacial score (nSPS) is 10.2. The number of benzene rings is 1. The maximum atomic E-state index is 13.6. The Kier molecular flexibility index (Phi) is 4.05. The highest BCUT2D eigenvalue weighted by atomic mass is 35.5. The molecule has 0 aliphatic heterocycles. The first-order valence-corrected chi connectivity index (χ1v) is 5.96. The van der Waals surface area contributed by atoms with E-state index < -0.39 is 11.7 Å². The van der Waals surface area contributed by atoms with Gasteiger partial charge in [-0.25, -0.2) is 4.39 Å². The van der Waals surface area contributed by atoms with Gasteiger partial charge < -0.3 is 15.1 Å². The summed E-state index contributed by atoms with van der Waals surface area (Å²) in [7, 11) is 0. The van der Waals surface area contributed by atoms with Crippen LogP contribution in [-0.4, -0.2) is 11.8 Å². The lowest BCUT2D eigenvalue weighted by molar-refractivity contribution is -0.114. The summed E-state index contributed by atoms with van der Waals surface area (Å²) >= 11 is 5.66. The third kappa shape index (κ3) is 3.16. The van der Waals surface area contributed by atoms with Crippen molar-refractivity contribution in [3.63, 3.8) is 0 Å². The number of nitrogens with one attached hydrogen (secondary N) is 2. The highest BCUT2D eigenvalue weighted by Gasteiger charge is 2.15. The summed E-state index contributed by atoms with van der Waals surface area (Å²) in [6.07, 6.45) is 1.25. The molecule has 1 aromatic carbocycles. The van der Waals surface area contributed by atoms with Crippen LogP contribution in [-0.2, 0) is 4.79 Å². The Balaban J connectivity index is 2.22. The minimum atomic E-state index is -0.632. The van der Waals surface area contributed by atoms with Gasteiger partial charge in [0.2, 0.25) is 11.1 Å². The van der Waals surface area contributed by atoms with Crippen LogP contribution in [0, 0.1) is 5.82 Å². The van der Waals surface area contributed by atoms with Crippen molar-refractivity contribution in [2.75, 3.05) is 10.6 Å². The van der Waals surface area contributed by atoms with E-state index in [1.807, 2.05) is 0 Å². The molecule has 0 aliphatic carbocycles. The molecule has 0 fully saturated rings. The van der Waals surface area contributed by atoms with Crippen molar-refractivity contribution in [3.8, 4) is 0 Å². The van der Waals surface area contributed by atoms with Gasteiger partial charge in [-0.15, -0.1) is 0 Å². The lowest BCUT2D eigenvalue weighted by Gasteiger charge is -2.08. The number of furan rings is 1. The minimum absolute atomic E-state index is 0.0708. The summed E-state index contributed by atoms with van der Waals surface area (Å²) < 4.78 is 18.4. The summed E-state index contributed by atoms with van der Waals surface area (Å²) in [5.41, 5.74) is 0.391. The number of rotatable bonds is 3. The fourth-order valence-electron chi connectivity index (χ4n) is 1.55. The van der Waals surface area contributed by atoms with Crippen molar-refractivity contribution in [1.29, 1.82) is 0 Å². The molecule has 0 radical (unpaired) electrons. The van der Waals surface area contributed by atoms with Crippen LogP contribution in [0.15, 0.2) is 34.9 Å². The zero-order valence-electron chi connectivity index (χ0n) is 10.4. The number of amides is 2. The van der Waals surface area contributed by atoms with Gasteiger partial charge in [0.25, 0.3) is 5.91 Å². The Labute approximate surface area is 118 Å². The van der Waals surface area contributed by atoms with E-state index in [9.17, 15) is 14.0 Å². The molecule has 0 saturated carbocycles. The van der Waals surface area contributed by atoms with Crippen LogP contribution in [0.1, 0.15) is 17.3 Å². The van der Waals surface area contributed by atoms with Crippen LogP contribution >= 0.6 is 11.6 Å². The van der Waals surface area contributed by atoms with Gasteiger partial charge in [0.1, 0.15) is 5.82 Å². The molecule has 2 aromatic rings. The predicted octanol–water partition coefficient (Wildman–Crippen LogP) is 3.28. The van der Waals surface area contributed by atoms with Crippen molar-refractivity contribution in [1.82, 2.24) is 0 Å². The molecule has 2 rings (SSSR count). The molecule has 0 saturated heterocycles. The summed E-state index contributed by atoms with van der Waals surface area (Å²) in [4.78, 5) is 22.8. The van der Waals surface area contributed by atoms with E-state index in [0.29, 0.717) is 5.69 Å². The number of carbonyl (C=O) groups is 2. The Morgan fingerprint density at radius 2 is 2.00 bits per heavy atom. The summed E-state index contributed by atoms with van der Waals surface area (Å²) in [6, 6.07) is 5.20. The van der Waals surface area contributed by atoms with Gasteiger partial charge in [0, 0.05) is 12.6 Å². The van der Waals surface area contributed by atoms with Gasteiger partial charge in [-0.3, -0.25) is 9.59 Å². The molecule has 0 spiro atoms. The second-order valence-corrected chi connectivity index (χ2v) is 4.28. The van der Waals surface area contributed by atoms with Crippen molar-refractivity contribution in [2.45, 2.75) is 6.92 Å². The molecular formula is C13H10ClFN2O3. The second-order valence-electron chi connectivity index (χ2n) is 3.94. The molecule has 0 atom stereocenters. The summed E-state index contributed by atoms with van der Waals surface area (Å²) in [5, 5.41) is 4.77. The maximum Gasteiger partial charge on any atom is 0.260 e. The Hall–Kier alpha value is -2.34. The third-order valence-electron chi connectivity index (χ3n) is 2.40. The molecule has 0 bridgehead atoms. The van der Waals surface area contributed by atoms with Crippen molar-refractivity contribution < 1.29 is 18.4 Å². The molecule has 2 amide bonds. The zero-order valence-corrected chi connectivity index (χ0v) is 11.1. The number of halogens is 2. The highest BCUT2D eigenvalue weighted by molar-refractivity contribution is 6.32.